The van der Waals surface area contributed by atoms with E-state index in [0.29, 0.717) is 0 Å². The SMILES string of the molecule is CN1CCC(=C2c3ccccc3CCc3ccc(C=O)cc32)CC1.Cl. The fourth-order valence-electron chi connectivity index (χ4n) is 4.03. The first kappa shape index (κ1) is 17.9. The summed E-state index contributed by atoms with van der Waals surface area (Å²) < 4.78 is 0. The maximum atomic E-state index is 11.3. The van der Waals surface area contributed by atoms with Gasteiger partial charge >= 0.3 is 0 Å². The Morgan fingerprint density at radius 2 is 1.56 bits per heavy atom. The number of fused-ring (bicyclic) bond motifs is 2. The zero-order chi connectivity index (χ0) is 16.5. The number of hydrogen-bond donors (Lipinski definition) is 0. The molecule has 0 amide bonds. The molecule has 0 bridgehead atoms. The molecule has 3 heteroatoms. The van der Waals surface area contributed by atoms with E-state index in [2.05, 4.69) is 48.3 Å². The van der Waals surface area contributed by atoms with Crippen LogP contribution in [0, 0.1) is 0 Å². The Morgan fingerprint density at radius 3 is 2.28 bits per heavy atom. The van der Waals surface area contributed by atoms with Crippen molar-refractivity contribution in [2.75, 3.05) is 20.1 Å². The van der Waals surface area contributed by atoms with Crippen molar-refractivity contribution in [1.29, 1.82) is 0 Å². The number of rotatable bonds is 1. The molecule has 2 nitrogen and oxygen atoms in total. The van der Waals surface area contributed by atoms with Crippen molar-refractivity contribution in [2.45, 2.75) is 25.7 Å². The number of hydrogen-bond acceptors (Lipinski definition) is 2. The van der Waals surface area contributed by atoms with Gasteiger partial charge in [0.25, 0.3) is 0 Å². The number of carbonyl (C=O) groups is 1. The van der Waals surface area contributed by atoms with E-state index in [0.717, 1.165) is 50.6 Å². The van der Waals surface area contributed by atoms with Gasteiger partial charge in [-0.05, 0) is 66.6 Å². The van der Waals surface area contributed by atoms with E-state index in [-0.39, 0.29) is 12.4 Å². The molecule has 0 aromatic heterocycles. The van der Waals surface area contributed by atoms with Gasteiger partial charge in [-0.2, -0.15) is 0 Å². The fraction of sp³-hybridized carbons (Fsp3) is 0.318. The minimum Gasteiger partial charge on any atom is -0.306 e. The first-order valence-electron chi connectivity index (χ1n) is 8.83. The molecule has 4 rings (SSSR count). The van der Waals surface area contributed by atoms with Crippen LogP contribution < -0.4 is 0 Å². The molecule has 0 radical (unpaired) electrons. The molecule has 0 unspecified atom stereocenters. The van der Waals surface area contributed by atoms with Crippen LogP contribution in [0.1, 0.15) is 45.5 Å². The highest BCUT2D eigenvalue weighted by atomic mass is 35.5. The molecule has 1 aliphatic carbocycles. The fourth-order valence-corrected chi connectivity index (χ4v) is 4.03. The first-order valence-corrected chi connectivity index (χ1v) is 8.83. The van der Waals surface area contributed by atoms with Crippen molar-refractivity contribution in [3.63, 3.8) is 0 Å². The van der Waals surface area contributed by atoms with Crippen LogP contribution in [0.25, 0.3) is 5.57 Å². The summed E-state index contributed by atoms with van der Waals surface area (Å²) in [6, 6.07) is 15.0. The van der Waals surface area contributed by atoms with Crippen LogP contribution in [0.5, 0.6) is 0 Å². The molecule has 1 aliphatic heterocycles. The van der Waals surface area contributed by atoms with Gasteiger partial charge in [0.2, 0.25) is 0 Å². The highest BCUT2D eigenvalue weighted by Gasteiger charge is 2.23. The number of piperidine rings is 1. The standard InChI is InChI=1S/C22H23NO.ClH/c1-23-12-10-19(11-13-23)22-20-5-3-2-4-17(20)8-9-18-7-6-16(15-24)14-21(18)22;/h2-7,14-15H,8-13H2,1H3;1H. The number of aryl methyl sites for hydroxylation is 2. The maximum absolute atomic E-state index is 11.3. The van der Waals surface area contributed by atoms with E-state index in [1.807, 2.05) is 6.07 Å². The predicted molar refractivity (Wildman–Crippen MR) is 106 cm³/mol. The smallest absolute Gasteiger partial charge is 0.150 e. The van der Waals surface area contributed by atoms with Gasteiger partial charge in [-0.1, -0.05) is 42.0 Å². The Morgan fingerprint density at radius 1 is 0.880 bits per heavy atom. The molecule has 0 spiro atoms. The molecule has 0 N–H and O–H groups in total. The summed E-state index contributed by atoms with van der Waals surface area (Å²) in [5.41, 5.74) is 9.18. The van der Waals surface area contributed by atoms with E-state index in [9.17, 15) is 4.79 Å². The number of nitrogens with zero attached hydrogens (tertiary/aromatic N) is 1. The summed E-state index contributed by atoms with van der Waals surface area (Å²) in [5.74, 6) is 0. The van der Waals surface area contributed by atoms with Crippen LogP contribution in [-0.2, 0) is 12.8 Å². The minimum absolute atomic E-state index is 0. The van der Waals surface area contributed by atoms with Gasteiger partial charge in [-0.15, -0.1) is 12.4 Å². The molecule has 0 saturated carbocycles. The van der Waals surface area contributed by atoms with E-state index in [1.165, 1.54) is 27.8 Å². The Hall–Kier alpha value is -1.90. The third-order valence-corrected chi connectivity index (χ3v) is 5.43. The molecule has 130 valence electrons. The van der Waals surface area contributed by atoms with Crippen molar-refractivity contribution in [3.8, 4) is 0 Å². The van der Waals surface area contributed by atoms with Crippen LogP contribution in [0.4, 0.5) is 0 Å². The maximum Gasteiger partial charge on any atom is 0.150 e. The molecular formula is C22H24ClNO. The van der Waals surface area contributed by atoms with Gasteiger partial charge in [0.05, 0.1) is 0 Å². The summed E-state index contributed by atoms with van der Waals surface area (Å²) >= 11 is 0. The zero-order valence-corrected chi connectivity index (χ0v) is 15.4. The van der Waals surface area contributed by atoms with Gasteiger partial charge in [0.1, 0.15) is 6.29 Å². The quantitative estimate of drug-likeness (QED) is 0.701. The molecule has 0 atom stereocenters. The lowest BCUT2D eigenvalue weighted by atomic mass is 9.86. The summed E-state index contributed by atoms with van der Waals surface area (Å²) in [6.45, 7) is 2.23. The Labute approximate surface area is 156 Å². The average molecular weight is 354 g/mol. The number of benzene rings is 2. The monoisotopic (exact) mass is 353 g/mol. The van der Waals surface area contributed by atoms with Crippen LogP contribution in [0.2, 0.25) is 0 Å². The molecule has 25 heavy (non-hydrogen) atoms. The third kappa shape index (κ3) is 3.42. The normalized spacial score (nSPS) is 17.2. The van der Waals surface area contributed by atoms with Crippen molar-refractivity contribution in [2.24, 2.45) is 0 Å². The van der Waals surface area contributed by atoms with Crippen LogP contribution in [-0.4, -0.2) is 31.3 Å². The van der Waals surface area contributed by atoms with Crippen molar-refractivity contribution in [1.82, 2.24) is 4.90 Å². The van der Waals surface area contributed by atoms with E-state index in [1.54, 1.807) is 5.57 Å². The lowest BCUT2D eigenvalue weighted by Gasteiger charge is -2.27. The highest BCUT2D eigenvalue weighted by Crippen LogP contribution is 2.38. The van der Waals surface area contributed by atoms with Crippen LogP contribution in [0.15, 0.2) is 48.0 Å². The second-order valence-electron chi connectivity index (χ2n) is 6.97. The van der Waals surface area contributed by atoms with E-state index < -0.39 is 0 Å². The van der Waals surface area contributed by atoms with Gasteiger partial charge in [0, 0.05) is 18.7 Å². The first-order chi connectivity index (χ1) is 11.8. The van der Waals surface area contributed by atoms with Gasteiger partial charge < -0.3 is 4.90 Å². The number of likely N-dealkylation sites (tertiary alicyclic amines) is 1. The molecule has 1 fully saturated rings. The Kier molecular flexibility index (Phi) is 5.41. The summed E-state index contributed by atoms with van der Waals surface area (Å²) in [4.78, 5) is 13.7. The van der Waals surface area contributed by atoms with E-state index in [4.69, 9.17) is 0 Å². The minimum atomic E-state index is 0. The number of halogens is 1. The molecule has 2 aromatic rings. The molecule has 2 aromatic carbocycles. The lowest BCUT2D eigenvalue weighted by molar-refractivity contribution is 0.112. The van der Waals surface area contributed by atoms with Crippen molar-refractivity contribution in [3.05, 3.63) is 75.9 Å². The Bertz CT molecular complexity index is 815. The largest absolute Gasteiger partial charge is 0.306 e. The average Bonchev–Trinajstić information content (AvgIpc) is 2.79. The van der Waals surface area contributed by atoms with Gasteiger partial charge in [-0.25, -0.2) is 0 Å². The van der Waals surface area contributed by atoms with E-state index >= 15 is 0 Å². The summed E-state index contributed by atoms with van der Waals surface area (Å²) in [7, 11) is 2.20. The molecule has 1 heterocycles. The third-order valence-electron chi connectivity index (χ3n) is 5.43. The highest BCUT2D eigenvalue weighted by molar-refractivity contribution is 5.88. The number of carbonyl (C=O) groups excluding carboxylic acids is 1. The molecule has 2 aliphatic rings. The van der Waals surface area contributed by atoms with Gasteiger partial charge in [0.15, 0.2) is 0 Å². The number of aldehydes is 1. The lowest BCUT2D eigenvalue weighted by Crippen LogP contribution is -2.27. The summed E-state index contributed by atoms with van der Waals surface area (Å²) in [6.07, 6.45) is 5.31. The van der Waals surface area contributed by atoms with Crippen LogP contribution >= 0.6 is 12.4 Å². The summed E-state index contributed by atoms with van der Waals surface area (Å²) in [5, 5.41) is 0. The van der Waals surface area contributed by atoms with Gasteiger partial charge in [-0.3, -0.25) is 4.79 Å². The molecule has 1 saturated heterocycles. The topological polar surface area (TPSA) is 20.3 Å². The Balaban J connectivity index is 0.00000182. The van der Waals surface area contributed by atoms with Crippen LogP contribution in [0.3, 0.4) is 0 Å². The second kappa shape index (κ2) is 7.55. The molecular weight excluding hydrogens is 330 g/mol. The predicted octanol–water partition coefficient (Wildman–Crippen LogP) is 4.55. The van der Waals surface area contributed by atoms with Crippen molar-refractivity contribution < 1.29 is 4.79 Å². The zero-order valence-electron chi connectivity index (χ0n) is 14.6. The van der Waals surface area contributed by atoms with Crippen molar-refractivity contribution >= 4 is 24.3 Å². The second-order valence-corrected chi connectivity index (χ2v) is 6.97.